The van der Waals surface area contributed by atoms with Gasteiger partial charge in [0.1, 0.15) is 13.2 Å². The van der Waals surface area contributed by atoms with Crippen LogP contribution in [0, 0.1) is 0 Å². The maximum Gasteiger partial charge on any atom is 0.305 e. The van der Waals surface area contributed by atoms with E-state index in [1.807, 2.05) is 0 Å². The summed E-state index contributed by atoms with van der Waals surface area (Å²) in [6, 6.07) is 0. The van der Waals surface area contributed by atoms with Crippen molar-refractivity contribution in [3.05, 3.63) is 12.2 Å². The SMILES string of the molecule is CCCCCCC(O)CC=CCCCCCCCC(=O)OCC(COC=O)OC=O. The van der Waals surface area contributed by atoms with Crippen molar-refractivity contribution in [3.63, 3.8) is 0 Å². The molecule has 0 aliphatic rings. The van der Waals surface area contributed by atoms with Gasteiger partial charge >= 0.3 is 5.97 Å². The molecule has 2 atom stereocenters. The molecule has 0 heterocycles. The van der Waals surface area contributed by atoms with Crippen LogP contribution < -0.4 is 0 Å². The molecular formula is C23H40O7. The molecule has 2 unspecified atom stereocenters. The van der Waals surface area contributed by atoms with Gasteiger partial charge in [0.2, 0.25) is 0 Å². The van der Waals surface area contributed by atoms with Crippen LogP contribution in [0.4, 0.5) is 0 Å². The molecule has 7 nitrogen and oxygen atoms in total. The average molecular weight is 429 g/mol. The average Bonchev–Trinajstić information content (AvgIpc) is 2.74. The van der Waals surface area contributed by atoms with E-state index in [2.05, 4.69) is 28.5 Å². The van der Waals surface area contributed by atoms with E-state index in [1.165, 1.54) is 19.3 Å². The minimum Gasteiger partial charge on any atom is -0.464 e. The Bertz CT molecular complexity index is 451. The summed E-state index contributed by atoms with van der Waals surface area (Å²) in [7, 11) is 0. The number of allylic oxidation sites excluding steroid dienone is 1. The van der Waals surface area contributed by atoms with Gasteiger partial charge in [-0.05, 0) is 32.1 Å². The monoisotopic (exact) mass is 428 g/mol. The van der Waals surface area contributed by atoms with Crippen LogP contribution in [0.2, 0.25) is 0 Å². The number of carbonyl (C=O) groups excluding carboxylic acids is 3. The largest absolute Gasteiger partial charge is 0.464 e. The number of rotatable bonds is 22. The molecule has 0 bridgehead atoms. The number of aliphatic hydroxyl groups excluding tert-OH is 1. The van der Waals surface area contributed by atoms with Crippen molar-refractivity contribution in [1.82, 2.24) is 0 Å². The molecule has 0 spiro atoms. The van der Waals surface area contributed by atoms with Crippen LogP contribution in [0.5, 0.6) is 0 Å². The molecule has 0 aliphatic heterocycles. The topological polar surface area (TPSA) is 99.1 Å². The van der Waals surface area contributed by atoms with Crippen molar-refractivity contribution < 1.29 is 33.7 Å². The molecule has 1 N–H and O–H groups in total. The van der Waals surface area contributed by atoms with E-state index in [0.717, 1.165) is 57.8 Å². The van der Waals surface area contributed by atoms with E-state index in [-0.39, 0.29) is 38.2 Å². The molecule has 0 aliphatic carbocycles. The van der Waals surface area contributed by atoms with Crippen LogP contribution in [-0.4, -0.2) is 49.4 Å². The summed E-state index contributed by atoms with van der Waals surface area (Å²) in [5.74, 6) is -0.350. The van der Waals surface area contributed by atoms with E-state index >= 15 is 0 Å². The molecule has 0 amide bonds. The summed E-state index contributed by atoms with van der Waals surface area (Å²) in [5.41, 5.74) is 0. The number of esters is 1. The highest BCUT2D eigenvalue weighted by atomic mass is 16.6. The maximum absolute atomic E-state index is 11.7. The molecule has 174 valence electrons. The summed E-state index contributed by atoms with van der Waals surface area (Å²) in [5, 5.41) is 9.90. The molecule has 0 aromatic carbocycles. The van der Waals surface area contributed by atoms with Gasteiger partial charge in [0, 0.05) is 6.42 Å². The van der Waals surface area contributed by atoms with Gasteiger partial charge in [0.25, 0.3) is 12.9 Å². The minimum atomic E-state index is -0.771. The fourth-order valence-corrected chi connectivity index (χ4v) is 2.97. The zero-order chi connectivity index (χ0) is 22.3. The fourth-order valence-electron chi connectivity index (χ4n) is 2.97. The zero-order valence-corrected chi connectivity index (χ0v) is 18.5. The van der Waals surface area contributed by atoms with Crippen molar-refractivity contribution in [1.29, 1.82) is 0 Å². The second kappa shape index (κ2) is 21.8. The molecule has 0 saturated carbocycles. The Hall–Kier alpha value is -1.89. The highest BCUT2D eigenvalue weighted by Crippen LogP contribution is 2.11. The highest BCUT2D eigenvalue weighted by molar-refractivity contribution is 5.69. The van der Waals surface area contributed by atoms with E-state index in [0.29, 0.717) is 6.42 Å². The van der Waals surface area contributed by atoms with Gasteiger partial charge in [0.15, 0.2) is 6.10 Å². The minimum absolute atomic E-state index is 0.120. The quantitative estimate of drug-likeness (QED) is 0.0904. The molecule has 0 aromatic rings. The predicted molar refractivity (Wildman–Crippen MR) is 115 cm³/mol. The van der Waals surface area contributed by atoms with Gasteiger partial charge < -0.3 is 19.3 Å². The first-order chi connectivity index (χ1) is 14.6. The molecule has 0 aromatic heterocycles. The Morgan fingerprint density at radius 3 is 2.37 bits per heavy atom. The third-order valence-electron chi connectivity index (χ3n) is 4.75. The molecule has 0 saturated heterocycles. The van der Waals surface area contributed by atoms with Gasteiger partial charge in [-0.2, -0.15) is 0 Å². The van der Waals surface area contributed by atoms with Crippen LogP contribution in [0.15, 0.2) is 12.2 Å². The Labute approximate surface area is 181 Å². The summed E-state index contributed by atoms with van der Waals surface area (Å²) in [4.78, 5) is 32.2. The number of ether oxygens (including phenoxy) is 3. The van der Waals surface area contributed by atoms with E-state index in [1.54, 1.807) is 0 Å². The lowest BCUT2D eigenvalue weighted by Crippen LogP contribution is -2.26. The lowest BCUT2D eigenvalue weighted by atomic mass is 10.1. The normalized spacial score (nSPS) is 13.0. The first-order valence-electron chi connectivity index (χ1n) is 11.3. The summed E-state index contributed by atoms with van der Waals surface area (Å²) >= 11 is 0. The molecule has 0 radical (unpaired) electrons. The zero-order valence-electron chi connectivity index (χ0n) is 18.5. The van der Waals surface area contributed by atoms with Crippen LogP contribution in [0.3, 0.4) is 0 Å². The van der Waals surface area contributed by atoms with Gasteiger partial charge in [-0.25, -0.2) is 0 Å². The number of carbonyl (C=O) groups is 3. The Morgan fingerprint density at radius 2 is 1.63 bits per heavy atom. The van der Waals surface area contributed by atoms with E-state index in [4.69, 9.17) is 4.74 Å². The summed E-state index contributed by atoms with van der Waals surface area (Å²) in [6.07, 6.45) is 16.0. The van der Waals surface area contributed by atoms with E-state index in [9.17, 15) is 19.5 Å². The van der Waals surface area contributed by atoms with Gasteiger partial charge in [0.05, 0.1) is 6.10 Å². The molecule has 0 fully saturated rings. The van der Waals surface area contributed by atoms with Gasteiger partial charge in [-0.1, -0.05) is 64.0 Å². The first kappa shape index (κ1) is 28.1. The van der Waals surface area contributed by atoms with Crippen molar-refractivity contribution in [2.75, 3.05) is 13.2 Å². The van der Waals surface area contributed by atoms with Crippen LogP contribution in [-0.2, 0) is 28.6 Å². The highest BCUT2D eigenvalue weighted by Gasteiger charge is 2.13. The van der Waals surface area contributed by atoms with Crippen molar-refractivity contribution in [3.8, 4) is 0 Å². The standard InChI is InChI=1S/C23H40O7/c1-2-3-4-11-14-21(26)15-12-9-7-5-6-8-10-13-16-23(27)29-18-22(30-20-25)17-28-19-24/h9,12,19-22,26H,2-8,10-11,13-18H2,1H3. The molecule has 0 rings (SSSR count). The number of hydrogen-bond donors (Lipinski definition) is 1. The Kier molecular flexibility index (Phi) is 20.4. The lowest BCUT2D eigenvalue weighted by molar-refractivity contribution is -0.156. The summed E-state index contributed by atoms with van der Waals surface area (Å²) < 4.78 is 14.2. The second-order valence-corrected chi connectivity index (χ2v) is 7.48. The van der Waals surface area contributed by atoms with Crippen molar-refractivity contribution in [2.45, 2.75) is 103 Å². The molecular weight excluding hydrogens is 388 g/mol. The van der Waals surface area contributed by atoms with Crippen LogP contribution in [0.25, 0.3) is 0 Å². The molecule has 30 heavy (non-hydrogen) atoms. The predicted octanol–water partition coefficient (Wildman–Crippen LogP) is 4.25. The molecule has 7 heteroatoms. The third-order valence-corrected chi connectivity index (χ3v) is 4.75. The number of unbranched alkanes of at least 4 members (excludes halogenated alkanes) is 8. The third kappa shape index (κ3) is 19.4. The van der Waals surface area contributed by atoms with Crippen molar-refractivity contribution >= 4 is 18.9 Å². The first-order valence-corrected chi connectivity index (χ1v) is 11.3. The maximum atomic E-state index is 11.7. The fraction of sp³-hybridized carbons (Fsp3) is 0.783. The van der Waals surface area contributed by atoms with E-state index < -0.39 is 6.10 Å². The van der Waals surface area contributed by atoms with Gasteiger partial charge in [-0.3, -0.25) is 14.4 Å². The lowest BCUT2D eigenvalue weighted by Gasteiger charge is -2.13. The second-order valence-electron chi connectivity index (χ2n) is 7.48. The Balaban J connectivity index is 3.54. The van der Waals surface area contributed by atoms with Crippen LogP contribution >= 0.6 is 0 Å². The Morgan fingerprint density at radius 1 is 0.900 bits per heavy atom. The van der Waals surface area contributed by atoms with Crippen LogP contribution in [0.1, 0.15) is 90.4 Å². The number of aliphatic hydroxyl groups is 1. The number of hydrogen-bond acceptors (Lipinski definition) is 7. The smallest absolute Gasteiger partial charge is 0.305 e. The van der Waals surface area contributed by atoms with Crippen molar-refractivity contribution in [2.24, 2.45) is 0 Å². The van der Waals surface area contributed by atoms with Gasteiger partial charge in [-0.15, -0.1) is 0 Å². The summed E-state index contributed by atoms with van der Waals surface area (Å²) in [6.45, 7) is 2.41.